The highest BCUT2D eigenvalue weighted by Gasteiger charge is 2.06. The van der Waals surface area contributed by atoms with Crippen molar-refractivity contribution in [3.05, 3.63) is 93.4 Å². The van der Waals surface area contributed by atoms with E-state index in [4.69, 9.17) is 4.74 Å². The highest BCUT2D eigenvalue weighted by molar-refractivity contribution is 7.99. The molecule has 1 heterocycles. The predicted molar refractivity (Wildman–Crippen MR) is 96.0 cm³/mol. The lowest BCUT2D eigenvalue weighted by atomic mass is 10.1. The molecule has 3 rings (SSSR count). The van der Waals surface area contributed by atoms with Crippen LogP contribution in [0.25, 0.3) is 0 Å². The van der Waals surface area contributed by atoms with Crippen LogP contribution in [0.3, 0.4) is 0 Å². The number of nitrogens with zero attached hydrogens (tertiary/aromatic N) is 1. The van der Waals surface area contributed by atoms with Crippen molar-refractivity contribution < 1.29 is 13.5 Å². The van der Waals surface area contributed by atoms with Gasteiger partial charge in [-0.3, -0.25) is 4.79 Å². The summed E-state index contributed by atoms with van der Waals surface area (Å²) in [5.41, 5.74) is 1.58. The van der Waals surface area contributed by atoms with Crippen LogP contribution in [-0.2, 0) is 17.8 Å². The quantitative estimate of drug-likeness (QED) is 0.295. The third-order valence-corrected chi connectivity index (χ3v) is 4.22. The van der Waals surface area contributed by atoms with Gasteiger partial charge in [-0.1, -0.05) is 42.1 Å². The number of aromatic nitrogens is 2. The van der Waals surface area contributed by atoms with Gasteiger partial charge in [-0.2, -0.15) is 0 Å². The minimum Gasteiger partial charge on any atom is -0.366 e. The normalized spacial score (nSPS) is 10.8. The molecule has 0 aliphatic heterocycles. The third-order valence-electron chi connectivity index (χ3n) is 3.47. The average Bonchev–Trinajstić information content (AvgIpc) is 2.58. The van der Waals surface area contributed by atoms with Gasteiger partial charge in [-0.05, 0) is 23.3 Å². The van der Waals surface area contributed by atoms with Gasteiger partial charge in [0, 0.05) is 18.6 Å². The molecule has 7 heteroatoms. The van der Waals surface area contributed by atoms with Crippen molar-refractivity contribution in [2.24, 2.45) is 0 Å². The molecule has 0 unspecified atom stereocenters. The first kappa shape index (κ1) is 18.3. The van der Waals surface area contributed by atoms with Crippen LogP contribution < -0.4 is 5.56 Å². The molecule has 0 saturated heterocycles. The maximum atomic E-state index is 13.3. The molecule has 1 aromatic heterocycles. The largest absolute Gasteiger partial charge is 0.366 e. The van der Waals surface area contributed by atoms with E-state index in [1.54, 1.807) is 0 Å². The van der Waals surface area contributed by atoms with Gasteiger partial charge in [0.2, 0.25) is 0 Å². The fraction of sp³-hybridized carbons (Fsp3) is 0.158. The smallest absolute Gasteiger partial charge is 0.251 e. The Labute approximate surface area is 153 Å². The molecule has 0 atom stereocenters. The summed E-state index contributed by atoms with van der Waals surface area (Å²) in [6, 6.07) is 14.3. The molecule has 0 aliphatic rings. The van der Waals surface area contributed by atoms with Gasteiger partial charge in [0.1, 0.15) is 17.6 Å². The van der Waals surface area contributed by atoms with Gasteiger partial charge >= 0.3 is 0 Å². The number of thioether (sulfide) groups is 1. The van der Waals surface area contributed by atoms with E-state index in [2.05, 4.69) is 9.97 Å². The van der Waals surface area contributed by atoms with Gasteiger partial charge in [0.25, 0.3) is 5.56 Å². The van der Waals surface area contributed by atoms with Crippen LogP contribution in [0.5, 0.6) is 0 Å². The molecule has 4 nitrogen and oxygen atoms in total. The second-order valence-electron chi connectivity index (χ2n) is 5.59. The number of benzene rings is 2. The number of hydrogen-bond donors (Lipinski definition) is 1. The number of aromatic amines is 1. The Bertz CT molecular complexity index is 912. The van der Waals surface area contributed by atoms with Gasteiger partial charge < -0.3 is 9.72 Å². The third kappa shape index (κ3) is 5.50. The first-order valence-corrected chi connectivity index (χ1v) is 8.87. The lowest BCUT2D eigenvalue weighted by Gasteiger charge is -2.06. The summed E-state index contributed by atoms with van der Waals surface area (Å²) in [6.45, 7) is 0.459. The predicted octanol–water partition coefficient (Wildman–Crippen LogP) is 3.91. The van der Waals surface area contributed by atoms with Crippen molar-refractivity contribution in [1.29, 1.82) is 0 Å². The van der Waals surface area contributed by atoms with Crippen molar-refractivity contribution in [1.82, 2.24) is 9.97 Å². The summed E-state index contributed by atoms with van der Waals surface area (Å²) >= 11 is 1.25. The van der Waals surface area contributed by atoms with Crippen LogP contribution >= 0.6 is 11.8 Å². The second kappa shape index (κ2) is 8.73. The number of nitrogens with one attached hydrogen (secondary N) is 1. The van der Waals surface area contributed by atoms with Crippen LogP contribution in [0.1, 0.15) is 16.8 Å². The molecular formula is C19H16F2N2O2S. The van der Waals surface area contributed by atoms with Crippen molar-refractivity contribution in [2.75, 3.05) is 5.94 Å². The first-order valence-electron chi connectivity index (χ1n) is 7.88. The molecule has 0 spiro atoms. The van der Waals surface area contributed by atoms with Crippen LogP contribution in [0, 0.1) is 11.6 Å². The summed E-state index contributed by atoms with van der Waals surface area (Å²) in [7, 11) is 0. The summed E-state index contributed by atoms with van der Waals surface area (Å²) < 4.78 is 32.1. The fourth-order valence-corrected chi connectivity index (χ4v) is 3.03. The van der Waals surface area contributed by atoms with Crippen molar-refractivity contribution >= 4 is 11.8 Å². The maximum absolute atomic E-state index is 13.3. The number of H-pyrrole nitrogens is 1. The molecule has 2 aromatic carbocycles. The van der Waals surface area contributed by atoms with E-state index in [1.165, 1.54) is 30.0 Å². The molecule has 0 radical (unpaired) electrons. The van der Waals surface area contributed by atoms with Crippen molar-refractivity contribution in [3.8, 4) is 0 Å². The zero-order valence-corrected chi connectivity index (χ0v) is 14.6. The summed E-state index contributed by atoms with van der Waals surface area (Å²) in [6.07, 6.45) is 0.164. The standard InChI is InChI=1S/C19H16F2N2O2S/c20-15-6-14(7-16(21)9-15)8-17-10-18(24)23-19(22-17)26-12-25-11-13-4-2-1-3-5-13/h1-7,9-10H,8,11-12H2,(H,22,23,24). The molecule has 1 N–H and O–H groups in total. The molecule has 0 amide bonds. The van der Waals surface area contributed by atoms with Crippen molar-refractivity contribution in [3.63, 3.8) is 0 Å². The fourth-order valence-electron chi connectivity index (χ4n) is 2.40. The van der Waals surface area contributed by atoms with E-state index in [1.807, 2.05) is 30.3 Å². The average molecular weight is 374 g/mol. The Morgan fingerprint density at radius 3 is 2.46 bits per heavy atom. The molecule has 26 heavy (non-hydrogen) atoms. The second-order valence-corrected chi connectivity index (χ2v) is 6.50. The molecule has 0 aliphatic carbocycles. The highest BCUT2D eigenvalue weighted by atomic mass is 32.2. The lowest BCUT2D eigenvalue weighted by Crippen LogP contribution is -2.11. The topological polar surface area (TPSA) is 55.0 Å². The van der Waals surface area contributed by atoms with Crippen LogP contribution in [0.15, 0.2) is 64.5 Å². The first-order chi connectivity index (χ1) is 12.6. The molecule has 3 aromatic rings. The Balaban J connectivity index is 1.61. The minimum atomic E-state index is -0.659. The van der Waals surface area contributed by atoms with Gasteiger partial charge in [0.15, 0.2) is 5.16 Å². The highest BCUT2D eigenvalue weighted by Crippen LogP contribution is 2.15. The van der Waals surface area contributed by atoms with Crippen molar-refractivity contribution in [2.45, 2.75) is 18.2 Å². The molecule has 0 fully saturated rings. The molecule has 0 bridgehead atoms. The molecule has 0 saturated carbocycles. The van der Waals surface area contributed by atoms with Crippen LogP contribution in [0.4, 0.5) is 8.78 Å². The number of halogens is 2. The Morgan fingerprint density at radius 2 is 1.73 bits per heavy atom. The van der Waals surface area contributed by atoms with E-state index >= 15 is 0 Å². The Morgan fingerprint density at radius 1 is 1.00 bits per heavy atom. The van der Waals surface area contributed by atoms with E-state index in [0.29, 0.717) is 29.0 Å². The van der Waals surface area contributed by atoms with Gasteiger partial charge in [-0.15, -0.1) is 0 Å². The van der Waals surface area contributed by atoms with E-state index in [-0.39, 0.29) is 12.0 Å². The Hall–Kier alpha value is -2.51. The molecular weight excluding hydrogens is 358 g/mol. The number of hydrogen-bond acceptors (Lipinski definition) is 4. The number of ether oxygens (including phenoxy) is 1. The maximum Gasteiger partial charge on any atom is 0.251 e. The minimum absolute atomic E-state index is 0.164. The van der Waals surface area contributed by atoms with Crippen LogP contribution in [0.2, 0.25) is 0 Å². The summed E-state index contributed by atoms with van der Waals surface area (Å²) in [5, 5.41) is 0.400. The monoisotopic (exact) mass is 374 g/mol. The summed E-state index contributed by atoms with van der Waals surface area (Å²) in [4.78, 5) is 18.7. The zero-order valence-electron chi connectivity index (χ0n) is 13.7. The van der Waals surface area contributed by atoms with Gasteiger partial charge in [0.05, 0.1) is 12.3 Å². The number of rotatable bonds is 7. The van der Waals surface area contributed by atoms with E-state index in [9.17, 15) is 13.6 Å². The zero-order chi connectivity index (χ0) is 18.4. The Kier molecular flexibility index (Phi) is 6.14. The summed E-state index contributed by atoms with van der Waals surface area (Å²) in [5.74, 6) is -1.00. The van der Waals surface area contributed by atoms with Crippen LogP contribution in [-0.4, -0.2) is 15.9 Å². The van der Waals surface area contributed by atoms with E-state index in [0.717, 1.165) is 11.6 Å². The lowest BCUT2D eigenvalue weighted by molar-refractivity contribution is 0.169. The van der Waals surface area contributed by atoms with Gasteiger partial charge in [-0.25, -0.2) is 13.8 Å². The van der Waals surface area contributed by atoms with E-state index < -0.39 is 11.6 Å². The SMILES string of the molecule is O=c1cc(Cc2cc(F)cc(F)c2)nc(SCOCc2ccccc2)[nH]1. The molecule has 134 valence electrons.